The van der Waals surface area contributed by atoms with Gasteiger partial charge in [-0.2, -0.15) is 5.10 Å². The van der Waals surface area contributed by atoms with E-state index in [2.05, 4.69) is 10.2 Å². The molecule has 4 rings (SSSR count). The monoisotopic (exact) mass is 357 g/mol. The van der Waals surface area contributed by atoms with Crippen LogP contribution in [0.1, 0.15) is 18.4 Å². The van der Waals surface area contributed by atoms with Gasteiger partial charge in [0.05, 0.1) is 31.6 Å². The molecule has 0 saturated carbocycles. The Hall–Kier alpha value is -2.22. The Morgan fingerprint density at radius 2 is 1.96 bits per heavy atom. The number of rotatable bonds is 6. The van der Waals surface area contributed by atoms with Crippen molar-refractivity contribution in [2.45, 2.75) is 31.8 Å². The molecule has 26 heavy (non-hydrogen) atoms. The van der Waals surface area contributed by atoms with Crippen LogP contribution < -0.4 is 0 Å². The van der Waals surface area contributed by atoms with Crippen molar-refractivity contribution in [3.8, 4) is 11.3 Å². The van der Waals surface area contributed by atoms with Crippen molar-refractivity contribution in [2.75, 3.05) is 26.4 Å². The number of benzene rings is 1. The van der Waals surface area contributed by atoms with Gasteiger partial charge in [0.2, 0.25) is 0 Å². The molecule has 2 aliphatic heterocycles. The maximum atomic E-state index is 13.0. The molecule has 138 valence electrons. The lowest BCUT2D eigenvalue weighted by Gasteiger charge is -2.27. The van der Waals surface area contributed by atoms with E-state index >= 15 is 0 Å². The topological polar surface area (TPSA) is 76.7 Å². The molecule has 0 bridgehead atoms. The maximum Gasteiger partial charge on any atom is 0.252 e. The number of amides is 1. The SMILES string of the molecule is O=C([C@@H]1CCCO1)N(Cc1cn[nH]c1-c1ccccc1)CC1OCCO1. The lowest BCUT2D eigenvalue weighted by Crippen LogP contribution is -2.43. The second-order valence-electron chi connectivity index (χ2n) is 6.53. The first kappa shape index (κ1) is 17.2. The number of carbonyl (C=O) groups is 1. The summed E-state index contributed by atoms with van der Waals surface area (Å²) in [7, 11) is 0. The molecule has 1 aromatic carbocycles. The van der Waals surface area contributed by atoms with Crippen LogP contribution in [0.2, 0.25) is 0 Å². The van der Waals surface area contributed by atoms with Crippen LogP contribution in [0.5, 0.6) is 0 Å². The summed E-state index contributed by atoms with van der Waals surface area (Å²) in [6, 6.07) is 9.98. The first-order valence-electron chi connectivity index (χ1n) is 9.02. The molecule has 1 amide bonds. The highest BCUT2D eigenvalue weighted by Gasteiger charge is 2.31. The van der Waals surface area contributed by atoms with E-state index in [9.17, 15) is 4.79 Å². The number of nitrogens with one attached hydrogen (secondary N) is 1. The minimum absolute atomic E-state index is 0.0122. The fourth-order valence-electron chi connectivity index (χ4n) is 3.39. The summed E-state index contributed by atoms with van der Waals surface area (Å²) in [5.74, 6) is -0.0122. The van der Waals surface area contributed by atoms with E-state index in [0.29, 0.717) is 32.9 Å². The van der Waals surface area contributed by atoms with E-state index in [-0.39, 0.29) is 18.3 Å². The fourth-order valence-corrected chi connectivity index (χ4v) is 3.39. The zero-order valence-corrected chi connectivity index (χ0v) is 14.6. The molecule has 1 aromatic heterocycles. The van der Waals surface area contributed by atoms with Gasteiger partial charge in [-0.15, -0.1) is 0 Å². The molecule has 1 N–H and O–H groups in total. The number of hydrogen-bond donors (Lipinski definition) is 1. The molecule has 2 fully saturated rings. The Labute approximate surface area is 152 Å². The number of nitrogens with zero attached hydrogens (tertiary/aromatic N) is 2. The van der Waals surface area contributed by atoms with Crippen LogP contribution in [0.25, 0.3) is 11.3 Å². The number of carbonyl (C=O) groups excluding carboxylic acids is 1. The molecule has 3 heterocycles. The second kappa shape index (κ2) is 7.99. The second-order valence-corrected chi connectivity index (χ2v) is 6.53. The zero-order chi connectivity index (χ0) is 17.8. The van der Waals surface area contributed by atoms with Gasteiger partial charge in [-0.25, -0.2) is 0 Å². The minimum atomic E-state index is -0.382. The van der Waals surface area contributed by atoms with E-state index in [4.69, 9.17) is 14.2 Å². The van der Waals surface area contributed by atoms with Crippen LogP contribution in [0, 0.1) is 0 Å². The Bertz CT molecular complexity index is 721. The molecule has 0 spiro atoms. The largest absolute Gasteiger partial charge is 0.368 e. The number of aromatic nitrogens is 2. The number of H-pyrrole nitrogens is 1. The lowest BCUT2D eigenvalue weighted by atomic mass is 10.1. The highest BCUT2D eigenvalue weighted by Crippen LogP contribution is 2.24. The van der Waals surface area contributed by atoms with Crippen LogP contribution >= 0.6 is 0 Å². The van der Waals surface area contributed by atoms with Crippen molar-refractivity contribution in [2.24, 2.45) is 0 Å². The Morgan fingerprint density at radius 1 is 1.15 bits per heavy atom. The van der Waals surface area contributed by atoms with Crippen LogP contribution in [0.4, 0.5) is 0 Å². The average Bonchev–Trinajstić information content (AvgIpc) is 3.44. The highest BCUT2D eigenvalue weighted by atomic mass is 16.7. The lowest BCUT2D eigenvalue weighted by molar-refractivity contribution is -0.147. The van der Waals surface area contributed by atoms with E-state index in [0.717, 1.165) is 29.7 Å². The van der Waals surface area contributed by atoms with Crippen molar-refractivity contribution in [1.82, 2.24) is 15.1 Å². The number of ether oxygens (including phenoxy) is 3. The van der Waals surface area contributed by atoms with Crippen LogP contribution in [0.15, 0.2) is 36.5 Å². The molecule has 1 atom stereocenters. The van der Waals surface area contributed by atoms with E-state index in [1.54, 1.807) is 11.1 Å². The molecular weight excluding hydrogens is 334 g/mol. The fraction of sp³-hybridized carbons (Fsp3) is 0.474. The highest BCUT2D eigenvalue weighted by molar-refractivity contribution is 5.81. The number of hydrogen-bond acceptors (Lipinski definition) is 5. The third-order valence-electron chi connectivity index (χ3n) is 4.72. The smallest absolute Gasteiger partial charge is 0.252 e. The van der Waals surface area contributed by atoms with Gasteiger partial charge in [-0.05, 0) is 18.4 Å². The Balaban J connectivity index is 1.54. The van der Waals surface area contributed by atoms with Gasteiger partial charge < -0.3 is 19.1 Å². The summed E-state index contributed by atoms with van der Waals surface area (Å²) in [4.78, 5) is 14.7. The molecule has 2 saturated heterocycles. The standard InChI is InChI=1S/C19H23N3O4/c23-19(16-7-4-8-24-16)22(13-17-25-9-10-26-17)12-15-11-20-21-18(15)14-5-2-1-3-6-14/h1-3,5-6,11,16-17H,4,7-10,12-13H2,(H,20,21)/t16-/m0/s1. The Kier molecular flexibility index (Phi) is 5.29. The quantitative estimate of drug-likeness (QED) is 0.855. The summed E-state index contributed by atoms with van der Waals surface area (Å²) in [6.07, 6.45) is 2.70. The van der Waals surface area contributed by atoms with E-state index in [1.165, 1.54) is 0 Å². The molecule has 0 radical (unpaired) electrons. The van der Waals surface area contributed by atoms with Gasteiger partial charge in [-0.3, -0.25) is 9.89 Å². The van der Waals surface area contributed by atoms with E-state index < -0.39 is 0 Å². The number of aromatic amines is 1. The first-order valence-corrected chi connectivity index (χ1v) is 9.02. The van der Waals surface area contributed by atoms with Crippen LogP contribution in [-0.4, -0.2) is 59.8 Å². The molecule has 7 nitrogen and oxygen atoms in total. The van der Waals surface area contributed by atoms with Gasteiger partial charge in [0.25, 0.3) is 5.91 Å². The zero-order valence-electron chi connectivity index (χ0n) is 14.6. The summed E-state index contributed by atoms with van der Waals surface area (Å²) in [6.45, 7) is 2.59. The van der Waals surface area contributed by atoms with Crippen molar-refractivity contribution in [3.63, 3.8) is 0 Å². The van der Waals surface area contributed by atoms with Crippen molar-refractivity contribution >= 4 is 5.91 Å². The predicted octanol–water partition coefficient (Wildman–Crippen LogP) is 1.96. The normalized spacial score (nSPS) is 20.5. The van der Waals surface area contributed by atoms with Crippen LogP contribution in [0.3, 0.4) is 0 Å². The van der Waals surface area contributed by atoms with Crippen molar-refractivity contribution in [1.29, 1.82) is 0 Å². The minimum Gasteiger partial charge on any atom is -0.368 e. The maximum absolute atomic E-state index is 13.0. The van der Waals surface area contributed by atoms with Crippen molar-refractivity contribution in [3.05, 3.63) is 42.1 Å². The average molecular weight is 357 g/mol. The molecule has 0 aliphatic carbocycles. The van der Waals surface area contributed by atoms with E-state index in [1.807, 2.05) is 30.3 Å². The van der Waals surface area contributed by atoms with Gasteiger partial charge in [-0.1, -0.05) is 30.3 Å². The Morgan fingerprint density at radius 3 is 2.69 bits per heavy atom. The molecule has 2 aromatic rings. The molecular formula is C19H23N3O4. The third-order valence-corrected chi connectivity index (χ3v) is 4.72. The van der Waals surface area contributed by atoms with Crippen molar-refractivity contribution < 1.29 is 19.0 Å². The molecule has 2 aliphatic rings. The van der Waals surface area contributed by atoms with Gasteiger partial charge in [0.1, 0.15) is 6.10 Å². The predicted molar refractivity (Wildman–Crippen MR) is 94.1 cm³/mol. The van der Waals surface area contributed by atoms with Gasteiger partial charge in [0, 0.05) is 18.7 Å². The van der Waals surface area contributed by atoms with Crippen LogP contribution in [-0.2, 0) is 25.5 Å². The van der Waals surface area contributed by atoms with Gasteiger partial charge >= 0.3 is 0 Å². The summed E-state index contributed by atoms with van der Waals surface area (Å²) in [5.41, 5.74) is 2.92. The third kappa shape index (κ3) is 3.80. The molecule has 0 unspecified atom stereocenters. The summed E-state index contributed by atoms with van der Waals surface area (Å²) in [5, 5.41) is 7.23. The van der Waals surface area contributed by atoms with Gasteiger partial charge in [0.15, 0.2) is 6.29 Å². The summed E-state index contributed by atoms with van der Waals surface area (Å²) < 4.78 is 16.7. The summed E-state index contributed by atoms with van der Waals surface area (Å²) >= 11 is 0. The molecule has 7 heteroatoms. The first-order chi connectivity index (χ1) is 12.8.